The molecule has 1 saturated carbocycles. The van der Waals surface area contributed by atoms with Crippen LogP contribution in [0.4, 0.5) is 11.5 Å². The highest BCUT2D eigenvalue weighted by Crippen LogP contribution is 2.35. The van der Waals surface area contributed by atoms with E-state index >= 15 is 0 Å². The van der Waals surface area contributed by atoms with E-state index in [2.05, 4.69) is 15.3 Å². The number of aromatic nitrogens is 2. The minimum Gasteiger partial charge on any atom is -0.399 e. The first-order valence-electron chi connectivity index (χ1n) is 6.12. The molecule has 94 valence electrons. The molecule has 0 amide bonds. The number of hydrogen-bond donors (Lipinski definition) is 3. The zero-order valence-electron chi connectivity index (χ0n) is 10.1. The Hall–Kier alpha value is -1.88. The van der Waals surface area contributed by atoms with Crippen LogP contribution < -0.4 is 11.1 Å². The molecule has 4 N–H and O–H groups in total. The topological polar surface area (TPSA) is 84.1 Å². The number of fused-ring (bicyclic) bond motifs is 1. The maximum Gasteiger partial charge on any atom is 0.137 e. The molecule has 2 aromatic rings. The Morgan fingerprint density at radius 3 is 2.83 bits per heavy atom. The second-order valence-corrected chi connectivity index (χ2v) is 4.92. The van der Waals surface area contributed by atoms with Crippen LogP contribution >= 0.6 is 0 Å². The molecule has 3 rings (SSSR count). The second-order valence-electron chi connectivity index (χ2n) is 4.92. The van der Waals surface area contributed by atoms with Gasteiger partial charge in [0.05, 0.1) is 17.7 Å². The first-order chi connectivity index (χ1) is 8.72. The van der Waals surface area contributed by atoms with Gasteiger partial charge in [0.15, 0.2) is 0 Å². The lowest BCUT2D eigenvalue weighted by atomic mass is 9.77. The van der Waals surface area contributed by atoms with Crippen LogP contribution in [0.2, 0.25) is 0 Å². The lowest BCUT2D eigenvalue weighted by Crippen LogP contribution is -2.48. The largest absolute Gasteiger partial charge is 0.399 e. The standard InChI is InChI=1S/C13H16N4O/c14-9-2-3-10-11(6-9)15-8-16-12(10)17-13(7-18)4-1-5-13/h2-3,6,8,18H,1,4-5,7,14H2,(H,15,16,17). The third-order valence-corrected chi connectivity index (χ3v) is 3.66. The molecule has 1 aromatic carbocycles. The van der Waals surface area contributed by atoms with E-state index in [-0.39, 0.29) is 12.1 Å². The fourth-order valence-corrected chi connectivity index (χ4v) is 2.35. The summed E-state index contributed by atoms with van der Waals surface area (Å²) in [6, 6.07) is 5.58. The fourth-order valence-electron chi connectivity index (χ4n) is 2.35. The molecule has 5 heteroatoms. The molecular formula is C13H16N4O. The number of rotatable bonds is 3. The molecule has 0 spiro atoms. The van der Waals surface area contributed by atoms with Gasteiger partial charge in [0.25, 0.3) is 0 Å². The first kappa shape index (κ1) is 11.2. The summed E-state index contributed by atoms with van der Waals surface area (Å²) >= 11 is 0. The fraction of sp³-hybridized carbons (Fsp3) is 0.385. The van der Waals surface area contributed by atoms with Gasteiger partial charge in [0.2, 0.25) is 0 Å². The quantitative estimate of drug-likeness (QED) is 0.713. The average molecular weight is 244 g/mol. The van der Waals surface area contributed by atoms with Crippen molar-refractivity contribution in [2.24, 2.45) is 0 Å². The summed E-state index contributed by atoms with van der Waals surface area (Å²) in [7, 11) is 0. The highest BCUT2D eigenvalue weighted by atomic mass is 16.3. The van der Waals surface area contributed by atoms with Gasteiger partial charge in [-0.3, -0.25) is 0 Å². The maximum atomic E-state index is 9.49. The third-order valence-electron chi connectivity index (χ3n) is 3.66. The van der Waals surface area contributed by atoms with Crippen molar-refractivity contribution in [2.45, 2.75) is 24.8 Å². The molecule has 1 aliphatic carbocycles. The monoisotopic (exact) mass is 244 g/mol. The van der Waals surface area contributed by atoms with Crippen LogP contribution in [0.15, 0.2) is 24.5 Å². The molecule has 0 radical (unpaired) electrons. The maximum absolute atomic E-state index is 9.49. The van der Waals surface area contributed by atoms with E-state index in [0.717, 1.165) is 36.0 Å². The Labute approximate surface area is 105 Å². The van der Waals surface area contributed by atoms with Crippen molar-refractivity contribution in [3.8, 4) is 0 Å². The SMILES string of the molecule is Nc1ccc2c(NC3(CO)CCC3)ncnc2c1. The molecule has 0 aliphatic heterocycles. The number of hydrogen-bond acceptors (Lipinski definition) is 5. The van der Waals surface area contributed by atoms with E-state index < -0.39 is 0 Å². The summed E-state index contributed by atoms with van der Waals surface area (Å²) in [5.41, 5.74) is 7.05. The first-order valence-corrected chi connectivity index (χ1v) is 6.12. The smallest absolute Gasteiger partial charge is 0.137 e. The molecule has 1 aromatic heterocycles. The summed E-state index contributed by atoms with van der Waals surface area (Å²) in [6.07, 6.45) is 4.62. The third kappa shape index (κ3) is 1.76. The van der Waals surface area contributed by atoms with E-state index in [1.54, 1.807) is 0 Å². The van der Waals surface area contributed by atoms with Gasteiger partial charge in [-0.15, -0.1) is 0 Å². The molecule has 0 unspecified atom stereocenters. The Balaban J connectivity index is 2.01. The molecule has 1 fully saturated rings. The number of benzene rings is 1. The molecular weight excluding hydrogens is 228 g/mol. The number of anilines is 2. The number of aliphatic hydroxyl groups excluding tert-OH is 1. The van der Waals surface area contributed by atoms with Crippen molar-refractivity contribution in [3.05, 3.63) is 24.5 Å². The molecule has 1 heterocycles. The molecule has 5 nitrogen and oxygen atoms in total. The van der Waals surface area contributed by atoms with E-state index in [0.29, 0.717) is 5.69 Å². The molecule has 0 bridgehead atoms. The number of nitrogens with one attached hydrogen (secondary N) is 1. The van der Waals surface area contributed by atoms with Crippen LogP contribution in [-0.2, 0) is 0 Å². The normalized spacial score (nSPS) is 17.4. The van der Waals surface area contributed by atoms with Crippen LogP contribution in [0.1, 0.15) is 19.3 Å². The van der Waals surface area contributed by atoms with E-state index in [4.69, 9.17) is 5.73 Å². The Morgan fingerprint density at radius 2 is 2.17 bits per heavy atom. The number of nitrogens with zero attached hydrogens (tertiary/aromatic N) is 2. The molecule has 0 saturated heterocycles. The predicted octanol–water partition coefficient (Wildman–Crippen LogP) is 1.54. The van der Waals surface area contributed by atoms with Crippen LogP contribution in [-0.4, -0.2) is 27.2 Å². The number of nitrogen functional groups attached to an aromatic ring is 1. The number of nitrogens with two attached hydrogens (primary N) is 1. The summed E-state index contributed by atoms with van der Waals surface area (Å²) in [4.78, 5) is 8.49. The van der Waals surface area contributed by atoms with Crippen LogP contribution in [0, 0.1) is 0 Å². The van der Waals surface area contributed by atoms with Gasteiger partial charge >= 0.3 is 0 Å². The van der Waals surface area contributed by atoms with Gasteiger partial charge < -0.3 is 16.2 Å². The minimum atomic E-state index is -0.206. The molecule has 18 heavy (non-hydrogen) atoms. The van der Waals surface area contributed by atoms with Crippen LogP contribution in [0.3, 0.4) is 0 Å². The molecule has 0 atom stereocenters. The van der Waals surface area contributed by atoms with Gasteiger partial charge in [-0.05, 0) is 37.5 Å². The summed E-state index contributed by atoms with van der Waals surface area (Å²) in [5, 5.41) is 13.8. The summed E-state index contributed by atoms with van der Waals surface area (Å²) in [6.45, 7) is 0.132. The Bertz CT molecular complexity index is 575. The van der Waals surface area contributed by atoms with Crippen molar-refractivity contribution in [3.63, 3.8) is 0 Å². The zero-order valence-corrected chi connectivity index (χ0v) is 10.1. The average Bonchev–Trinajstić information content (AvgIpc) is 2.33. The number of aliphatic hydroxyl groups is 1. The van der Waals surface area contributed by atoms with Crippen LogP contribution in [0.25, 0.3) is 10.9 Å². The van der Waals surface area contributed by atoms with E-state index in [9.17, 15) is 5.11 Å². The second kappa shape index (κ2) is 4.10. The van der Waals surface area contributed by atoms with E-state index in [1.807, 2.05) is 18.2 Å². The van der Waals surface area contributed by atoms with E-state index in [1.165, 1.54) is 6.33 Å². The van der Waals surface area contributed by atoms with Gasteiger partial charge in [0.1, 0.15) is 12.1 Å². The van der Waals surface area contributed by atoms with Gasteiger partial charge in [0, 0.05) is 11.1 Å². The van der Waals surface area contributed by atoms with Gasteiger partial charge in [-0.1, -0.05) is 0 Å². The lowest BCUT2D eigenvalue weighted by molar-refractivity contribution is 0.144. The highest BCUT2D eigenvalue weighted by molar-refractivity contribution is 5.91. The zero-order chi connectivity index (χ0) is 12.6. The minimum absolute atomic E-state index is 0.132. The van der Waals surface area contributed by atoms with Crippen molar-refractivity contribution in [2.75, 3.05) is 17.7 Å². The molecule has 1 aliphatic rings. The predicted molar refractivity (Wildman–Crippen MR) is 71.2 cm³/mol. The van der Waals surface area contributed by atoms with Crippen molar-refractivity contribution < 1.29 is 5.11 Å². The van der Waals surface area contributed by atoms with Crippen molar-refractivity contribution in [1.29, 1.82) is 0 Å². The van der Waals surface area contributed by atoms with Crippen molar-refractivity contribution in [1.82, 2.24) is 9.97 Å². The Morgan fingerprint density at radius 1 is 1.33 bits per heavy atom. The van der Waals surface area contributed by atoms with Crippen molar-refractivity contribution >= 4 is 22.4 Å². The Kier molecular flexibility index (Phi) is 2.56. The van der Waals surface area contributed by atoms with Gasteiger partial charge in [-0.2, -0.15) is 0 Å². The van der Waals surface area contributed by atoms with Crippen LogP contribution in [0.5, 0.6) is 0 Å². The lowest BCUT2D eigenvalue weighted by Gasteiger charge is -2.41. The van der Waals surface area contributed by atoms with Gasteiger partial charge in [-0.25, -0.2) is 9.97 Å². The summed E-state index contributed by atoms with van der Waals surface area (Å²) < 4.78 is 0. The summed E-state index contributed by atoms with van der Waals surface area (Å²) in [5.74, 6) is 0.772. The highest BCUT2D eigenvalue weighted by Gasteiger charge is 2.36.